The van der Waals surface area contributed by atoms with Crippen molar-refractivity contribution in [1.29, 1.82) is 0 Å². The smallest absolute Gasteiger partial charge is 0.213 e. The number of nitrogens with zero attached hydrogens (tertiary/aromatic N) is 2. The SMILES string of the molecule is C=C[C@@H]1C[N+]2(Cc3cc(OC)ccc3Br)CCC1CC2[C@@H](O)c1cc[n+](Cc2cc(C)ccc2Br)c2ccccc12. The molecule has 0 saturated carbocycles. The van der Waals surface area contributed by atoms with Crippen LogP contribution < -0.4 is 9.30 Å². The minimum atomic E-state index is -0.571. The Morgan fingerprint density at radius 1 is 1.07 bits per heavy atom. The maximum atomic E-state index is 12.3. The zero-order chi connectivity index (χ0) is 28.7. The van der Waals surface area contributed by atoms with Crippen LogP contribution in [-0.4, -0.2) is 35.8 Å². The molecule has 212 valence electrons. The average molecular weight is 679 g/mol. The van der Waals surface area contributed by atoms with Gasteiger partial charge in [0.05, 0.1) is 25.6 Å². The van der Waals surface area contributed by atoms with E-state index in [2.05, 4.69) is 123 Å². The van der Waals surface area contributed by atoms with Gasteiger partial charge in [0.2, 0.25) is 5.52 Å². The molecule has 4 aromatic rings. The van der Waals surface area contributed by atoms with Gasteiger partial charge in [-0.05, 0) is 49.2 Å². The molecule has 3 fully saturated rings. The minimum absolute atomic E-state index is 0.105. The molecule has 1 aromatic heterocycles. The molecule has 3 saturated heterocycles. The predicted octanol–water partition coefficient (Wildman–Crippen LogP) is 7.66. The van der Waals surface area contributed by atoms with E-state index < -0.39 is 6.10 Å². The van der Waals surface area contributed by atoms with Crippen LogP contribution in [0.25, 0.3) is 10.9 Å². The van der Waals surface area contributed by atoms with Crippen LogP contribution >= 0.6 is 31.9 Å². The summed E-state index contributed by atoms with van der Waals surface area (Å²) in [5.74, 6) is 1.91. The quantitative estimate of drug-likeness (QED) is 0.118. The van der Waals surface area contributed by atoms with Crippen molar-refractivity contribution in [3.05, 3.63) is 117 Å². The van der Waals surface area contributed by atoms with E-state index in [1.54, 1.807) is 7.11 Å². The third-order valence-electron chi connectivity index (χ3n) is 9.60. The number of piperidine rings is 3. The highest BCUT2D eigenvalue weighted by Crippen LogP contribution is 2.48. The first-order valence-corrected chi connectivity index (χ1v) is 16.1. The summed E-state index contributed by atoms with van der Waals surface area (Å²) >= 11 is 7.55. The Balaban J connectivity index is 1.39. The minimum Gasteiger partial charge on any atom is -0.497 e. The number of halogens is 2. The molecular formula is C35H38Br2N2O2+2. The molecule has 0 spiro atoms. The first kappa shape index (κ1) is 28.6. The zero-order valence-corrected chi connectivity index (χ0v) is 26.9. The molecule has 7 rings (SSSR count). The summed E-state index contributed by atoms with van der Waals surface area (Å²) in [7, 11) is 1.72. The number of rotatable bonds is 8. The number of para-hydroxylation sites is 1. The van der Waals surface area contributed by atoms with Crippen molar-refractivity contribution in [2.24, 2.45) is 11.8 Å². The van der Waals surface area contributed by atoms with Gasteiger partial charge in [0.15, 0.2) is 12.7 Å². The molecule has 0 aliphatic carbocycles. The van der Waals surface area contributed by atoms with Crippen molar-refractivity contribution in [2.45, 2.75) is 45.0 Å². The largest absolute Gasteiger partial charge is 0.497 e. The molecule has 0 amide bonds. The van der Waals surface area contributed by atoms with Crippen LogP contribution in [0.1, 0.15) is 41.2 Å². The lowest BCUT2D eigenvalue weighted by molar-refractivity contribution is -0.985. The topological polar surface area (TPSA) is 33.3 Å². The maximum absolute atomic E-state index is 12.3. The Morgan fingerprint density at radius 2 is 1.85 bits per heavy atom. The van der Waals surface area contributed by atoms with E-state index in [0.29, 0.717) is 11.8 Å². The van der Waals surface area contributed by atoms with Crippen molar-refractivity contribution in [1.82, 2.24) is 0 Å². The highest BCUT2D eigenvalue weighted by Gasteiger charge is 2.54. The fourth-order valence-corrected chi connectivity index (χ4v) is 8.18. The number of aliphatic hydroxyl groups excluding tert-OH is 1. The number of methoxy groups -OCH3 is 1. The van der Waals surface area contributed by atoms with Crippen LogP contribution in [0.4, 0.5) is 0 Å². The van der Waals surface area contributed by atoms with Gasteiger partial charge in [-0.3, -0.25) is 0 Å². The van der Waals surface area contributed by atoms with E-state index in [-0.39, 0.29) is 6.04 Å². The van der Waals surface area contributed by atoms with Gasteiger partial charge in [-0.1, -0.05) is 61.7 Å². The van der Waals surface area contributed by atoms with Crippen LogP contribution in [0.3, 0.4) is 0 Å². The fourth-order valence-electron chi connectivity index (χ4n) is 7.44. The Kier molecular flexibility index (Phi) is 8.12. The first-order chi connectivity index (χ1) is 19.8. The number of aromatic nitrogens is 1. The number of hydrogen-bond acceptors (Lipinski definition) is 2. The number of ether oxygens (including phenoxy) is 1. The number of aliphatic hydroxyl groups is 1. The lowest BCUT2D eigenvalue weighted by Gasteiger charge is -2.58. The highest BCUT2D eigenvalue weighted by atomic mass is 79.9. The van der Waals surface area contributed by atoms with Gasteiger partial charge < -0.3 is 14.3 Å². The maximum Gasteiger partial charge on any atom is 0.213 e. The second-order valence-corrected chi connectivity index (χ2v) is 13.7. The van der Waals surface area contributed by atoms with Crippen LogP contribution in [0.2, 0.25) is 0 Å². The number of fused-ring (bicyclic) bond motifs is 4. The second kappa shape index (κ2) is 11.6. The summed E-state index contributed by atoms with van der Waals surface area (Å²) in [5.41, 5.74) is 5.88. The van der Waals surface area contributed by atoms with Crippen molar-refractivity contribution in [2.75, 3.05) is 20.2 Å². The molecule has 1 N–H and O–H groups in total. The van der Waals surface area contributed by atoms with E-state index in [1.807, 2.05) is 6.07 Å². The van der Waals surface area contributed by atoms with Gasteiger partial charge >= 0.3 is 0 Å². The Morgan fingerprint density at radius 3 is 2.66 bits per heavy atom. The van der Waals surface area contributed by atoms with Gasteiger partial charge in [0.25, 0.3) is 0 Å². The number of aryl methyl sites for hydroxylation is 1. The standard InChI is InChI=1S/C35H38Br2N2O2/c1-4-24-21-39(22-27-18-28(41-3)10-12-32(27)37)16-14-25(24)19-34(39)35(40)30-13-15-38(33-8-6-5-7-29(30)33)20-26-17-23(2)9-11-31(26)36/h4-13,15,17-18,24-25,34-35,40H,1,14,16,19-22H2,2-3H3/q+2/t24-,25?,34?,35+,39?/m1/s1. The summed E-state index contributed by atoms with van der Waals surface area (Å²) in [5, 5.41) is 13.4. The second-order valence-electron chi connectivity index (χ2n) is 11.9. The number of quaternary nitrogens is 1. The molecule has 41 heavy (non-hydrogen) atoms. The van der Waals surface area contributed by atoms with E-state index >= 15 is 0 Å². The summed E-state index contributed by atoms with van der Waals surface area (Å²) in [6.45, 7) is 10.0. The van der Waals surface area contributed by atoms with Crippen molar-refractivity contribution < 1.29 is 18.9 Å². The molecule has 4 heterocycles. The summed E-state index contributed by atoms with van der Waals surface area (Å²) in [6.07, 6.45) is 5.91. The fraction of sp³-hybridized carbons (Fsp3) is 0.343. The highest BCUT2D eigenvalue weighted by molar-refractivity contribution is 9.10. The van der Waals surface area contributed by atoms with E-state index in [4.69, 9.17) is 4.74 Å². The van der Waals surface area contributed by atoms with Crippen LogP contribution in [-0.2, 0) is 13.1 Å². The van der Waals surface area contributed by atoms with E-state index in [1.165, 1.54) is 23.1 Å². The van der Waals surface area contributed by atoms with Gasteiger partial charge in [-0.25, -0.2) is 0 Å². The molecule has 2 bridgehead atoms. The Bertz CT molecular complexity index is 1600. The third kappa shape index (κ3) is 5.40. The van der Waals surface area contributed by atoms with E-state index in [0.717, 1.165) is 68.2 Å². The lowest BCUT2D eigenvalue weighted by atomic mass is 9.71. The molecular weight excluding hydrogens is 640 g/mol. The molecule has 0 radical (unpaired) electrons. The van der Waals surface area contributed by atoms with Crippen molar-refractivity contribution in [3.63, 3.8) is 0 Å². The molecule has 3 aliphatic rings. The predicted molar refractivity (Wildman–Crippen MR) is 172 cm³/mol. The lowest BCUT2D eigenvalue weighted by Crippen LogP contribution is -2.67. The molecule has 5 atom stereocenters. The monoisotopic (exact) mass is 676 g/mol. The van der Waals surface area contributed by atoms with Gasteiger partial charge in [0.1, 0.15) is 24.4 Å². The van der Waals surface area contributed by atoms with Crippen molar-refractivity contribution in [3.8, 4) is 5.75 Å². The Labute approximate surface area is 260 Å². The van der Waals surface area contributed by atoms with Crippen LogP contribution in [0, 0.1) is 18.8 Å². The van der Waals surface area contributed by atoms with Crippen molar-refractivity contribution >= 4 is 42.8 Å². The summed E-state index contributed by atoms with van der Waals surface area (Å²) in [6, 6.07) is 23.5. The number of pyridine rings is 1. The summed E-state index contributed by atoms with van der Waals surface area (Å²) < 4.78 is 10.9. The normalized spacial score (nSPS) is 24.4. The van der Waals surface area contributed by atoms with Crippen LogP contribution in [0.15, 0.2) is 94.5 Å². The molecule has 3 unspecified atom stereocenters. The molecule has 3 aliphatic heterocycles. The third-order valence-corrected chi connectivity index (χ3v) is 11.1. The van der Waals surface area contributed by atoms with Gasteiger partial charge in [-0.15, -0.1) is 6.58 Å². The number of benzene rings is 3. The molecule has 4 nitrogen and oxygen atoms in total. The molecule has 6 heteroatoms. The average Bonchev–Trinajstić information content (AvgIpc) is 3.00. The Hall–Kier alpha value is -2.51. The molecule has 3 aromatic carbocycles. The van der Waals surface area contributed by atoms with Gasteiger partial charge in [-0.2, -0.15) is 4.57 Å². The van der Waals surface area contributed by atoms with Gasteiger partial charge in [0, 0.05) is 56.5 Å². The van der Waals surface area contributed by atoms with E-state index in [9.17, 15) is 5.11 Å². The first-order valence-electron chi connectivity index (χ1n) is 14.5. The number of hydrogen-bond donors (Lipinski definition) is 1. The zero-order valence-electron chi connectivity index (χ0n) is 23.8. The summed E-state index contributed by atoms with van der Waals surface area (Å²) in [4.78, 5) is 0. The van der Waals surface area contributed by atoms with Crippen LogP contribution in [0.5, 0.6) is 5.75 Å².